The first-order chi connectivity index (χ1) is 6.85. The van der Waals surface area contributed by atoms with Crippen LogP contribution in [0.3, 0.4) is 0 Å². The summed E-state index contributed by atoms with van der Waals surface area (Å²) in [7, 11) is 0. The third-order valence-corrected chi connectivity index (χ3v) is 1.60. The molecule has 0 saturated heterocycles. The van der Waals surface area contributed by atoms with Gasteiger partial charge in [-0.25, -0.2) is 0 Å². The van der Waals surface area contributed by atoms with Crippen molar-refractivity contribution in [3.63, 3.8) is 0 Å². The second kappa shape index (κ2) is 14.6. The van der Waals surface area contributed by atoms with Crippen molar-refractivity contribution in [2.24, 2.45) is 0 Å². The number of allylic oxidation sites excluding steroid dienone is 4. The molecule has 0 N–H and O–H groups in total. The van der Waals surface area contributed by atoms with Crippen LogP contribution in [0.5, 0.6) is 0 Å². The topological polar surface area (TPSA) is 0 Å². The zero-order valence-corrected chi connectivity index (χ0v) is 10.4. The third-order valence-electron chi connectivity index (χ3n) is 1.60. The van der Waals surface area contributed by atoms with Gasteiger partial charge in [0.05, 0.1) is 0 Å². The quantitative estimate of drug-likeness (QED) is 0.448. The van der Waals surface area contributed by atoms with Gasteiger partial charge in [-0.1, -0.05) is 57.4 Å². The number of hydrogen-bond donors (Lipinski definition) is 0. The maximum absolute atomic E-state index is 3.14. The van der Waals surface area contributed by atoms with Gasteiger partial charge in [-0.3, -0.25) is 0 Å². The standard InChI is InChI=1S/C12H18.C2H6/c1-4-7-9-11-12(6-3)10-8-5-2;1-2/h5,8,10H,4,6,11H2,1-3H3;1-2H3/b8-5-,12-10+;. The molecule has 80 valence electrons. The van der Waals surface area contributed by atoms with Gasteiger partial charge in [-0.15, -0.1) is 5.92 Å². The minimum atomic E-state index is 0.925. The fraction of sp³-hybridized carbons (Fsp3) is 0.571. The minimum Gasteiger partial charge on any atom is -0.103 e. The lowest BCUT2D eigenvalue weighted by atomic mass is 10.1. The summed E-state index contributed by atoms with van der Waals surface area (Å²) in [6, 6.07) is 0. The summed E-state index contributed by atoms with van der Waals surface area (Å²) in [6.07, 6.45) is 9.26. The molecule has 0 heteroatoms. The molecule has 0 atom stereocenters. The molecule has 0 aromatic rings. The van der Waals surface area contributed by atoms with Crippen molar-refractivity contribution in [2.45, 2.75) is 53.9 Å². The molecule has 0 aliphatic carbocycles. The molecule has 0 nitrogen and oxygen atoms in total. The Morgan fingerprint density at radius 3 is 2.21 bits per heavy atom. The molecule has 0 bridgehead atoms. The Morgan fingerprint density at radius 2 is 1.79 bits per heavy atom. The largest absolute Gasteiger partial charge is 0.103 e. The van der Waals surface area contributed by atoms with E-state index in [0.717, 1.165) is 19.3 Å². The van der Waals surface area contributed by atoms with Crippen LogP contribution in [0.25, 0.3) is 0 Å². The van der Waals surface area contributed by atoms with E-state index in [1.54, 1.807) is 0 Å². The molecule has 0 heterocycles. The normalized spacial score (nSPS) is 10.2. The lowest BCUT2D eigenvalue weighted by Gasteiger charge is -1.94. The summed E-state index contributed by atoms with van der Waals surface area (Å²) in [6.45, 7) is 10.3. The van der Waals surface area contributed by atoms with E-state index >= 15 is 0 Å². The Kier molecular flexibility index (Phi) is 16.1. The van der Waals surface area contributed by atoms with Crippen LogP contribution in [0.1, 0.15) is 53.9 Å². The van der Waals surface area contributed by atoms with Crippen LogP contribution in [0.15, 0.2) is 23.8 Å². The second-order valence-corrected chi connectivity index (χ2v) is 2.59. The van der Waals surface area contributed by atoms with Gasteiger partial charge in [0.15, 0.2) is 0 Å². The molecular formula is C14H24. The minimum absolute atomic E-state index is 0.925. The summed E-state index contributed by atoms with van der Waals surface area (Å²) in [5.41, 5.74) is 1.41. The highest BCUT2D eigenvalue weighted by atomic mass is 13.9. The highest BCUT2D eigenvalue weighted by Crippen LogP contribution is 2.05. The number of hydrogen-bond acceptors (Lipinski definition) is 0. The van der Waals surface area contributed by atoms with Crippen LogP contribution in [-0.2, 0) is 0 Å². The second-order valence-electron chi connectivity index (χ2n) is 2.59. The molecule has 0 amide bonds. The van der Waals surface area contributed by atoms with Crippen molar-refractivity contribution in [2.75, 3.05) is 0 Å². The maximum Gasteiger partial charge on any atom is 0.0302 e. The van der Waals surface area contributed by atoms with Crippen molar-refractivity contribution in [3.8, 4) is 11.8 Å². The van der Waals surface area contributed by atoms with E-state index in [-0.39, 0.29) is 0 Å². The molecule has 0 unspecified atom stereocenters. The first kappa shape index (κ1) is 15.5. The predicted molar refractivity (Wildman–Crippen MR) is 67.2 cm³/mol. The van der Waals surface area contributed by atoms with Crippen LogP contribution in [0.4, 0.5) is 0 Å². The molecule has 14 heavy (non-hydrogen) atoms. The molecule has 0 aliphatic rings. The van der Waals surface area contributed by atoms with Crippen LogP contribution in [0, 0.1) is 11.8 Å². The van der Waals surface area contributed by atoms with Crippen LogP contribution < -0.4 is 0 Å². The van der Waals surface area contributed by atoms with E-state index < -0.39 is 0 Å². The Bertz CT molecular complexity index is 208. The Balaban J connectivity index is 0. The zero-order valence-electron chi connectivity index (χ0n) is 10.4. The van der Waals surface area contributed by atoms with Crippen molar-refractivity contribution in [3.05, 3.63) is 23.8 Å². The summed E-state index contributed by atoms with van der Waals surface area (Å²) in [4.78, 5) is 0. The fourth-order valence-corrected chi connectivity index (χ4v) is 0.835. The highest BCUT2D eigenvalue weighted by Gasteiger charge is 1.87. The molecule has 0 aliphatic heterocycles. The van der Waals surface area contributed by atoms with E-state index in [4.69, 9.17) is 0 Å². The third kappa shape index (κ3) is 11.0. The van der Waals surface area contributed by atoms with Gasteiger partial charge < -0.3 is 0 Å². The van der Waals surface area contributed by atoms with E-state index in [0.29, 0.717) is 0 Å². The zero-order chi connectivity index (χ0) is 11.2. The summed E-state index contributed by atoms with van der Waals surface area (Å²) in [5, 5.41) is 0. The Labute approximate surface area is 90.1 Å². The fourth-order valence-electron chi connectivity index (χ4n) is 0.835. The molecule has 0 rings (SSSR count). The van der Waals surface area contributed by atoms with Gasteiger partial charge in [0.25, 0.3) is 0 Å². The van der Waals surface area contributed by atoms with Crippen LogP contribution in [0.2, 0.25) is 0 Å². The van der Waals surface area contributed by atoms with Gasteiger partial charge in [0.2, 0.25) is 0 Å². The van der Waals surface area contributed by atoms with E-state index in [2.05, 4.69) is 37.8 Å². The van der Waals surface area contributed by atoms with Gasteiger partial charge in [-0.05, 0) is 13.3 Å². The SMILES string of the molecule is C/C=C\C=C(/CC)CC#CCC.CC. The van der Waals surface area contributed by atoms with Crippen molar-refractivity contribution >= 4 is 0 Å². The molecule has 0 aromatic carbocycles. The first-order valence-corrected chi connectivity index (χ1v) is 5.61. The van der Waals surface area contributed by atoms with Crippen molar-refractivity contribution in [1.82, 2.24) is 0 Å². The average molecular weight is 192 g/mol. The van der Waals surface area contributed by atoms with E-state index in [1.807, 2.05) is 26.8 Å². The molecule has 0 radical (unpaired) electrons. The lowest BCUT2D eigenvalue weighted by molar-refractivity contribution is 1.04. The maximum atomic E-state index is 3.14. The lowest BCUT2D eigenvalue weighted by Crippen LogP contribution is -1.77. The predicted octanol–water partition coefficient (Wildman–Crippen LogP) is 4.73. The average Bonchev–Trinajstić information content (AvgIpc) is 2.26. The van der Waals surface area contributed by atoms with Crippen LogP contribution >= 0.6 is 0 Å². The van der Waals surface area contributed by atoms with Crippen LogP contribution in [-0.4, -0.2) is 0 Å². The number of rotatable bonds is 3. The van der Waals surface area contributed by atoms with Gasteiger partial charge in [0.1, 0.15) is 0 Å². The monoisotopic (exact) mass is 192 g/mol. The molecule has 0 saturated carbocycles. The molecular weight excluding hydrogens is 168 g/mol. The molecule has 0 spiro atoms. The highest BCUT2D eigenvalue weighted by molar-refractivity contribution is 5.18. The molecule has 0 fully saturated rings. The Hall–Kier alpha value is -0.960. The smallest absolute Gasteiger partial charge is 0.0302 e. The van der Waals surface area contributed by atoms with Gasteiger partial charge in [0, 0.05) is 12.8 Å². The molecule has 0 aromatic heterocycles. The van der Waals surface area contributed by atoms with E-state index in [9.17, 15) is 0 Å². The summed E-state index contributed by atoms with van der Waals surface area (Å²) < 4.78 is 0. The summed E-state index contributed by atoms with van der Waals surface area (Å²) in [5.74, 6) is 6.22. The van der Waals surface area contributed by atoms with Gasteiger partial charge in [-0.2, -0.15) is 0 Å². The van der Waals surface area contributed by atoms with Crippen molar-refractivity contribution in [1.29, 1.82) is 0 Å². The Morgan fingerprint density at radius 1 is 1.14 bits per heavy atom. The van der Waals surface area contributed by atoms with Crippen molar-refractivity contribution < 1.29 is 0 Å². The summed E-state index contributed by atoms with van der Waals surface area (Å²) >= 11 is 0. The van der Waals surface area contributed by atoms with E-state index in [1.165, 1.54) is 5.57 Å². The first-order valence-electron chi connectivity index (χ1n) is 5.61. The van der Waals surface area contributed by atoms with Gasteiger partial charge >= 0.3 is 0 Å².